The normalized spacial score (nSPS) is 37.5. The standard InChI is InChI=1S/C17H25NOS/c1-4-18(19)15-7-5-6-8-16(15)20-17-12(3)9-11(2)13-10-14(13)17/h5-7,11,13-14,16,18H,4,8-10H2,1-3H3. The molecule has 0 spiro atoms. The van der Waals surface area contributed by atoms with Crippen molar-refractivity contribution in [2.24, 2.45) is 17.8 Å². The number of quaternary nitrogens is 1. The molecule has 3 aliphatic carbocycles. The topological polar surface area (TPSA) is 27.5 Å². The molecule has 3 aliphatic rings. The van der Waals surface area contributed by atoms with Crippen LogP contribution in [0, 0.1) is 23.0 Å². The van der Waals surface area contributed by atoms with Crippen molar-refractivity contribution in [1.82, 2.24) is 0 Å². The fourth-order valence-electron chi connectivity index (χ4n) is 3.73. The van der Waals surface area contributed by atoms with Gasteiger partial charge in [-0.15, -0.1) is 11.8 Å². The van der Waals surface area contributed by atoms with E-state index in [1.165, 1.54) is 12.8 Å². The molecule has 2 nitrogen and oxygen atoms in total. The van der Waals surface area contributed by atoms with E-state index >= 15 is 0 Å². The molecule has 5 unspecified atom stereocenters. The molecule has 0 bridgehead atoms. The highest BCUT2D eigenvalue weighted by Crippen LogP contribution is 2.59. The van der Waals surface area contributed by atoms with E-state index in [-0.39, 0.29) is 0 Å². The maximum absolute atomic E-state index is 12.1. The van der Waals surface area contributed by atoms with Crippen LogP contribution in [0.5, 0.6) is 0 Å². The molecule has 0 aromatic rings. The molecule has 5 atom stereocenters. The molecule has 0 heterocycles. The third-order valence-corrected chi connectivity index (χ3v) is 6.61. The van der Waals surface area contributed by atoms with E-state index in [0.29, 0.717) is 16.9 Å². The molecule has 1 N–H and O–H groups in total. The number of thioether (sulfide) groups is 1. The Hall–Kier alpha value is -0.510. The zero-order valence-corrected chi connectivity index (χ0v) is 13.5. The lowest BCUT2D eigenvalue weighted by Gasteiger charge is -2.31. The number of nitrogens with one attached hydrogen (secondary N) is 1. The van der Waals surface area contributed by atoms with Crippen molar-refractivity contribution < 1.29 is 5.06 Å². The van der Waals surface area contributed by atoms with Crippen LogP contribution in [0.1, 0.15) is 40.0 Å². The number of hydrogen-bond acceptors (Lipinski definition) is 2. The van der Waals surface area contributed by atoms with E-state index in [1.807, 2.05) is 30.8 Å². The third-order valence-electron chi connectivity index (χ3n) is 4.98. The first-order chi connectivity index (χ1) is 9.61. The minimum atomic E-state index is 0.321. The Morgan fingerprint density at radius 1 is 1.45 bits per heavy atom. The number of hydroxylamine groups is 2. The lowest BCUT2D eigenvalue weighted by molar-refractivity contribution is -0.805. The van der Waals surface area contributed by atoms with Crippen LogP contribution in [0.25, 0.3) is 0 Å². The first-order valence-corrected chi connectivity index (χ1v) is 8.76. The zero-order valence-electron chi connectivity index (χ0n) is 12.7. The second kappa shape index (κ2) is 5.70. The van der Waals surface area contributed by atoms with E-state index < -0.39 is 0 Å². The van der Waals surface area contributed by atoms with Crippen LogP contribution in [-0.4, -0.2) is 11.8 Å². The maximum atomic E-state index is 12.1. The van der Waals surface area contributed by atoms with Crippen LogP contribution in [-0.2, 0) is 0 Å². The van der Waals surface area contributed by atoms with Gasteiger partial charge in [-0.3, -0.25) is 0 Å². The van der Waals surface area contributed by atoms with Gasteiger partial charge in [0.1, 0.15) is 5.70 Å². The van der Waals surface area contributed by atoms with Crippen molar-refractivity contribution in [3.63, 3.8) is 0 Å². The monoisotopic (exact) mass is 291 g/mol. The molecular weight excluding hydrogens is 266 g/mol. The average molecular weight is 291 g/mol. The van der Waals surface area contributed by atoms with Gasteiger partial charge in [0.25, 0.3) is 0 Å². The summed E-state index contributed by atoms with van der Waals surface area (Å²) in [6.45, 7) is 7.28. The van der Waals surface area contributed by atoms with E-state index in [2.05, 4.69) is 19.9 Å². The Morgan fingerprint density at radius 2 is 2.25 bits per heavy atom. The summed E-state index contributed by atoms with van der Waals surface area (Å²) < 4.78 is 0. The Kier molecular flexibility index (Phi) is 4.11. The van der Waals surface area contributed by atoms with Crippen LogP contribution in [0.4, 0.5) is 0 Å². The highest BCUT2D eigenvalue weighted by atomic mass is 32.2. The van der Waals surface area contributed by atoms with Gasteiger partial charge >= 0.3 is 0 Å². The second-order valence-corrected chi connectivity index (χ2v) is 7.75. The predicted molar refractivity (Wildman–Crippen MR) is 86.2 cm³/mol. The Bertz CT molecular complexity index is 479. The highest BCUT2D eigenvalue weighted by Gasteiger charge is 2.47. The number of fused-ring (bicyclic) bond motifs is 1. The van der Waals surface area contributed by atoms with E-state index in [0.717, 1.165) is 29.9 Å². The molecule has 0 saturated heterocycles. The molecule has 1 fully saturated rings. The number of rotatable bonds is 4. The molecule has 110 valence electrons. The fourth-order valence-corrected chi connectivity index (χ4v) is 5.32. The van der Waals surface area contributed by atoms with Crippen molar-refractivity contribution in [2.45, 2.75) is 45.3 Å². The summed E-state index contributed by atoms with van der Waals surface area (Å²) in [5, 5.41) is 12.8. The first-order valence-electron chi connectivity index (χ1n) is 7.88. The summed E-state index contributed by atoms with van der Waals surface area (Å²) in [7, 11) is 0. The molecule has 1 saturated carbocycles. The van der Waals surface area contributed by atoms with Gasteiger partial charge in [-0.05, 0) is 61.8 Å². The van der Waals surface area contributed by atoms with Crippen LogP contribution in [0.3, 0.4) is 0 Å². The van der Waals surface area contributed by atoms with Crippen molar-refractivity contribution in [3.8, 4) is 0 Å². The van der Waals surface area contributed by atoms with Crippen LogP contribution in [0.15, 0.2) is 34.4 Å². The Morgan fingerprint density at radius 3 is 3.00 bits per heavy atom. The lowest BCUT2D eigenvalue weighted by Crippen LogP contribution is -3.05. The van der Waals surface area contributed by atoms with Gasteiger partial charge in [0.15, 0.2) is 0 Å². The summed E-state index contributed by atoms with van der Waals surface area (Å²) in [4.78, 5) is 1.61. The van der Waals surface area contributed by atoms with Gasteiger partial charge in [0, 0.05) is 0 Å². The van der Waals surface area contributed by atoms with Crippen LogP contribution < -0.4 is 5.06 Å². The minimum Gasteiger partial charge on any atom is -0.629 e. The quantitative estimate of drug-likeness (QED) is 0.805. The Labute approximate surface area is 126 Å². The highest BCUT2D eigenvalue weighted by molar-refractivity contribution is 8.03. The first kappa shape index (κ1) is 14.4. The van der Waals surface area contributed by atoms with Crippen molar-refractivity contribution in [3.05, 3.63) is 39.6 Å². The lowest BCUT2D eigenvalue weighted by atomic mass is 9.91. The molecular formula is C17H25NOS. The van der Waals surface area contributed by atoms with Gasteiger partial charge in [-0.1, -0.05) is 24.6 Å². The van der Waals surface area contributed by atoms with Gasteiger partial charge in [0.2, 0.25) is 0 Å². The summed E-state index contributed by atoms with van der Waals surface area (Å²) in [6.07, 6.45) is 9.93. The molecule has 20 heavy (non-hydrogen) atoms. The van der Waals surface area contributed by atoms with Crippen molar-refractivity contribution in [2.75, 3.05) is 6.54 Å². The van der Waals surface area contributed by atoms with Gasteiger partial charge < -0.3 is 10.3 Å². The molecule has 0 aliphatic heterocycles. The third kappa shape index (κ3) is 2.63. The summed E-state index contributed by atoms with van der Waals surface area (Å²) in [5.74, 6) is 2.60. The largest absolute Gasteiger partial charge is 0.629 e. The van der Waals surface area contributed by atoms with Gasteiger partial charge in [-0.2, -0.15) is 0 Å². The Balaban J connectivity index is 1.76. The van der Waals surface area contributed by atoms with Crippen LogP contribution >= 0.6 is 11.8 Å². The van der Waals surface area contributed by atoms with E-state index in [9.17, 15) is 5.21 Å². The second-order valence-electron chi connectivity index (χ2n) is 6.50. The van der Waals surface area contributed by atoms with Crippen LogP contribution in [0.2, 0.25) is 0 Å². The molecule has 0 radical (unpaired) electrons. The van der Waals surface area contributed by atoms with Gasteiger partial charge in [0.05, 0.1) is 11.8 Å². The molecule has 3 rings (SSSR count). The zero-order chi connectivity index (χ0) is 14.3. The van der Waals surface area contributed by atoms with Crippen molar-refractivity contribution in [1.29, 1.82) is 0 Å². The summed E-state index contributed by atoms with van der Waals surface area (Å²) in [6, 6.07) is 0. The smallest absolute Gasteiger partial charge is 0.121 e. The SMILES string of the molecule is CC[NH+]([O-])C1=CC=CCC1SC1=C(C)CC(C)C2CC12. The summed E-state index contributed by atoms with van der Waals surface area (Å²) in [5.41, 5.74) is 2.62. The minimum absolute atomic E-state index is 0.321. The molecule has 0 amide bonds. The number of allylic oxidation sites excluding steroid dienone is 5. The van der Waals surface area contributed by atoms with Crippen molar-refractivity contribution >= 4 is 11.8 Å². The van der Waals surface area contributed by atoms with E-state index in [4.69, 9.17) is 0 Å². The van der Waals surface area contributed by atoms with E-state index in [1.54, 1.807) is 10.5 Å². The molecule has 3 heteroatoms. The summed E-state index contributed by atoms with van der Waals surface area (Å²) >= 11 is 1.99. The average Bonchev–Trinajstić information content (AvgIpc) is 3.24. The van der Waals surface area contributed by atoms with Gasteiger partial charge in [-0.25, -0.2) is 0 Å². The predicted octanol–water partition coefficient (Wildman–Crippen LogP) is 3.28. The molecule has 0 aromatic heterocycles. The fraction of sp³-hybridized carbons (Fsp3) is 0.647. The molecule has 0 aromatic carbocycles. The number of hydrogen-bond donors (Lipinski definition) is 1. The maximum Gasteiger partial charge on any atom is 0.121 e.